The van der Waals surface area contributed by atoms with Gasteiger partial charge in [0.1, 0.15) is 0 Å². The maximum absolute atomic E-state index is 12.2. The molecule has 1 N–H and O–H groups in total. The molecule has 0 bridgehead atoms. The van der Waals surface area contributed by atoms with Crippen LogP contribution in [0.2, 0.25) is 0 Å². The summed E-state index contributed by atoms with van der Waals surface area (Å²) in [5, 5.41) is 3.25. The molecule has 1 fully saturated rings. The highest BCUT2D eigenvalue weighted by Crippen LogP contribution is 2.10. The molecule has 4 heteroatoms. The first-order chi connectivity index (χ1) is 7.65. The Morgan fingerprint density at radius 2 is 2.31 bits per heavy atom. The van der Waals surface area contributed by atoms with Crippen molar-refractivity contribution in [1.29, 1.82) is 0 Å². The van der Waals surface area contributed by atoms with Gasteiger partial charge in [-0.2, -0.15) is 0 Å². The highest BCUT2D eigenvalue weighted by molar-refractivity contribution is 5.82. The molecule has 1 aliphatic heterocycles. The van der Waals surface area contributed by atoms with Crippen molar-refractivity contribution in [1.82, 2.24) is 10.2 Å². The predicted molar refractivity (Wildman–Crippen MR) is 64.3 cm³/mol. The summed E-state index contributed by atoms with van der Waals surface area (Å²) in [7, 11) is 1.67. The van der Waals surface area contributed by atoms with Crippen LogP contribution in [-0.2, 0) is 9.53 Å². The van der Waals surface area contributed by atoms with E-state index in [0.717, 1.165) is 25.9 Å². The van der Waals surface area contributed by atoms with E-state index in [9.17, 15) is 4.79 Å². The quantitative estimate of drug-likeness (QED) is 0.733. The second-order valence-corrected chi connectivity index (χ2v) is 4.82. The predicted octanol–water partition coefficient (Wildman–Crippen LogP) is 0.869. The Bertz CT molecular complexity index is 213. The number of hydrogen-bond acceptors (Lipinski definition) is 3. The lowest BCUT2D eigenvalue weighted by Crippen LogP contribution is -2.46. The number of methoxy groups -OCH3 is 1. The van der Waals surface area contributed by atoms with Crippen molar-refractivity contribution in [3.8, 4) is 0 Å². The van der Waals surface area contributed by atoms with Gasteiger partial charge in [-0.05, 0) is 25.3 Å². The van der Waals surface area contributed by atoms with Gasteiger partial charge in [-0.1, -0.05) is 13.8 Å². The molecule has 1 saturated heterocycles. The van der Waals surface area contributed by atoms with Gasteiger partial charge < -0.3 is 15.0 Å². The number of hydrogen-bond donors (Lipinski definition) is 1. The summed E-state index contributed by atoms with van der Waals surface area (Å²) in [5.41, 5.74) is 0. The number of amides is 1. The van der Waals surface area contributed by atoms with Crippen LogP contribution in [0.3, 0.4) is 0 Å². The van der Waals surface area contributed by atoms with Gasteiger partial charge >= 0.3 is 0 Å². The Kier molecular flexibility index (Phi) is 5.77. The summed E-state index contributed by atoms with van der Waals surface area (Å²) < 4.78 is 5.05. The van der Waals surface area contributed by atoms with Crippen LogP contribution in [0.1, 0.15) is 26.7 Å². The van der Waals surface area contributed by atoms with Crippen LogP contribution in [0.15, 0.2) is 0 Å². The summed E-state index contributed by atoms with van der Waals surface area (Å²) in [6.07, 6.45) is 2.08. The molecule has 0 spiro atoms. The minimum absolute atomic E-state index is 0.0376. The first kappa shape index (κ1) is 13.5. The molecular formula is C12H24N2O2. The average molecular weight is 228 g/mol. The summed E-state index contributed by atoms with van der Waals surface area (Å²) >= 11 is 0. The fourth-order valence-corrected chi connectivity index (χ4v) is 2.05. The molecular weight excluding hydrogens is 204 g/mol. The Morgan fingerprint density at radius 1 is 1.56 bits per heavy atom. The van der Waals surface area contributed by atoms with E-state index in [4.69, 9.17) is 4.74 Å². The van der Waals surface area contributed by atoms with Crippen LogP contribution in [-0.4, -0.2) is 50.2 Å². The standard InChI is InChI=1S/C12H24N2O2/c1-10(2)9-14(7-8-16-3)12(15)11-5-4-6-13-11/h10-11,13H,4-9H2,1-3H3/t11-/m1/s1. The first-order valence-electron chi connectivity index (χ1n) is 6.16. The highest BCUT2D eigenvalue weighted by atomic mass is 16.5. The Morgan fingerprint density at radius 3 is 2.81 bits per heavy atom. The van der Waals surface area contributed by atoms with Crippen molar-refractivity contribution in [3.05, 3.63) is 0 Å². The molecule has 0 aliphatic carbocycles. The number of nitrogens with zero attached hydrogens (tertiary/aromatic N) is 1. The topological polar surface area (TPSA) is 41.6 Å². The maximum atomic E-state index is 12.2. The zero-order chi connectivity index (χ0) is 12.0. The second kappa shape index (κ2) is 6.86. The summed E-state index contributed by atoms with van der Waals surface area (Å²) in [5.74, 6) is 0.741. The van der Waals surface area contributed by atoms with E-state index < -0.39 is 0 Å². The maximum Gasteiger partial charge on any atom is 0.239 e. The van der Waals surface area contributed by atoms with Crippen molar-refractivity contribution < 1.29 is 9.53 Å². The van der Waals surface area contributed by atoms with Crippen LogP contribution < -0.4 is 5.32 Å². The van der Waals surface area contributed by atoms with Gasteiger partial charge in [0.05, 0.1) is 12.6 Å². The van der Waals surface area contributed by atoms with E-state index in [1.807, 2.05) is 4.90 Å². The van der Waals surface area contributed by atoms with E-state index in [1.165, 1.54) is 0 Å². The molecule has 0 radical (unpaired) electrons. The molecule has 1 aliphatic rings. The van der Waals surface area contributed by atoms with Crippen molar-refractivity contribution in [2.75, 3.05) is 33.4 Å². The molecule has 0 aromatic carbocycles. The molecule has 0 saturated carbocycles. The molecule has 1 heterocycles. The monoisotopic (exact) mass is 228 g/mol. The van der Waals surface area contributed by atoms with Crippen molar-refractivity contribution in [3.63, 3.8) is 0 Å². The normalized spacial score (nSPS) is 20.4. The minimum Gasteiger partial charge on any atom is -0.383 e. The second-order valence-electron chi connectivity index (χ2n) is 4.82. The zero-order valence-electron chi connectivity index (χ0n) is 10.7. The van der Waals surface area contributed by atoms with Gasteiger partial charge in [0.25, 0.3) is 0 Å². The molecule has 1 amide bonds. The Labute approximate surface area is 98.3 Å². The SMILES string of the molecule is COCCN(CC(C)C)C(=O)[C@H]1CCCN1. The number of nitrogens with one attached hydrogen (secondary N) is 1. The molecule has 0 unspecified atom stereocenters. The molecule has 0 aromatic heterocycles. The summed E-state index contributed by atoms with van der Waals surface area (Å²) in [6.45, 7) is 7.37. The van der Waals surface area contributed by atoms with E-state index in [1.54, 1.807) is 7.11 Å². The molecule has 1 rings (SSSR count). The van der Waals surface area contributed by atoms with Gasteiger partial charge in [0.2, 0.25) is 5.91 Å². The fraction of sp³-hybridized carbons (Fsp3) is 0.917. The molecule has 1 atom stereocenters. The lowest BCUT2D eigenvalue weighted by atomic mass is 10.1. The van der Waals surface area contributed by atoms with E-state index >= 15 is 0 Å². The van der Waals surface area contributed by atoms with E-state index in [2.05, 4.69) is 19.2 Å². The minimum atomic E-state index is 0.0376. The molecule has 0 aromatic rings. The van der Waals surface area contributed by atoms with Gasteiger partial charge in [-0.15, -0.1) is 0 Å². The van der Waals surface area contributed by atoms with Crippen LogP contribution >= 0.6 is 0 Å². The van der Waals surface area contributed by atoms with Crippen LogP contribution in [0.4, 0.5) is 0 Å². The number of carbonyl (C=O) groups excluding carboxylic acids is 1. The summed E-state index contributed by atoms with van der Waals surface area (Å²) in [6, 6.07) is 0.0376. The van der Waals surface area contributed by atoms with Crippen molar-refractivity contribution >= 4 is 5.91 Å². The molecule has 16 heavy (non-hydrogen) atoms. The largest absolute Gasteiger partial charge is 0.383 e. The third kappa shape index (κ3) is 4.10. The first-order valence-corrected chi connectivity index (χ1v) is 6.16. The lowest BCUT2D eigenvalue weighted by Gasteiger charge is -2.27. The van der Waals surface area contributed by atoms with Gasteiger partial charge in [0, 0.05) is 20.2 Å². The number of ether oxygens (including phenoxy) is 1. The smallest absolute Gasteiger partial charge is 0.239 e. The molecule has 94 valence electrons. The Hall–Kier alpha value is -0.610. The third-order valence-electron chi connectivity index (χ3n) is 2.82. The van der Waals surface area contributed by atoms with Gasteiger partial charge in [-0.3, -0.25) is 4.79 Å². The average Bonchev–Trinajstić information content (AvgIpc) is 2.76. The van der Waals surface area contributed by atoms with Crippen LogP contribution in [0, 0.1) is 5.92 Å². The van der Waals surface area contributed by atoms with Gasteiger partial charge in [0.15, 0.2) is 0 Å². The molecule has 4 nitrogen and oxygen atoms in total. The number of carbonyl (C=O) groups is 1. The Balaban J connectivity index is 2.48. The van der Waals surface area contributed by atoms with E-state index in [0.29, 0.717) is 19.1 Å². The van der Waals surface area contributed by atoms with Gasteiger partial charge in [-0.25, -0.2) is 0 Å². The zero-order valence-corrected chi connectivity index (χ0v) is 10.7. The summed E-state index contributed by atoms with van der Waals surface area (Å²) in [4.78, 5) is 14.1. The number of rotatable bonds is 6. The van der Waals surface area contributed by atoms with Crippen LogP contribution in [0.25, 0.3) is 0 Å². The van der Waals surface area contributed by atoms with E-state index in [-0.39, 0.29) is 11.9 Å². The van der Waals surface area contributed by atoms with Crippen molar-refractivity contribution in [2.45, 2.75) is 32.7 Å². The lowest BCUT2D eigenvalue weighted by molar-refractivity contribution is -0.134. The highest BCUT2D eigenvalue weighted by Gasteiger charge is 2.26. The van der Waals surface area contributed by atoms with Crippen molar-refractivity contribution in [2.24, 2.45) is 5.92 Å². The van der Waals surface area contributed by atoms with Crippen LogP contribution in [0.5, 0.6) is 0 Å². The third-order valence-corrected chi connectivity index (χ3v) is 2.82. The fourth-order valence-electron chi connectivity index (χ4n) is 2.05.